The molecule has 1 N–H and O–H groups in total. The summed E-state index contributed by atoms with van der Waals surface area (Å²) in [5, 5.41) is 3.81. The van der Waals surface area contributed by atoms with E-state index in [0.717, 1.165) is 29.2 Å². The quantitative estimate of drug-likeness (QED) is 0.333. The molecule has 3 aromatic rings. The molecule has 3 aromatic carbocycles. The van der Waals surface area contributed by atoms with Crippen molar-refractivity contribution in [2.45, 2.75) is 32.2 Å². The number of allylic oxidation sites excluding steroid dienone is 2. The number of nitrogens with zero attached hydrogens (tertiary/aromatic N) is 1. The Hall–Kier alpha value is -3.53. The SMILES string of the molecule is CCOc1ccc(C=Nc2ccc([C@@H]3Nc4ccc(C)cc4[C@@H]4C=CC[C@H]43)cc2)cc1OC. The van der Waals surface area contributed by atoms with Crippen LogP contribution in [0.4, 0.5) is 11.4 Å². The van der Waals surface area contributed by atoms with Crippen molar-refractivity contribution in [3.63, 3.8) is 0 Å². The van der Waals surface area contributed by atoms with Gasteiger partial charge in [-0.1, -0.05) is 42.0 Å². The summed E-state index contributed by atoms with van der Waals surface area (Å²) in [5.41, 5.74) is 7.21. The zero-order valence-corrected chi connectivity index (χ0v) is 19.4. The van der Waals surface area contributed by atoms with Gasteiger partial charge in [0.25, 0.3) is 0 Å². The number of benzene rings is 3. The van der Waals surface area contributed by atoms with E-state index in [-0.39, 0.29) is 0 Å². The third kappa shape index (κ3) is 4.25. The maximum atomic E-state index is 5.59. The van der Waals surface area contributed by atoms with Crippen molar-refractivity contribution in [3.05, 3.63) is 95.1 Å². The molecule has 2 aliphatic rings. The van der Waals surface area contributed by atoms with E-state index < -0.39 is 0 Å². The van der Waals surface area contributed by atoms with Crippen molar-refractivity contribution in [3.8, 4) is 11.5 Å². The molecular formula is C29H30N2O2. The summed E-state index contributed by atoms with van der Waals surface area (Å²) in [6, 6.07) is 21.5. The monoisotopic (exact) mass is 438 g/mol. The molecule has 3 atom stereocenters. The number of aryl methyl sites for hydroxylation is 1. The number of nitrogens with one attached hydrogen (secondary N) is 1. The number of anilines is 1. The van der Waals surface area contributed by atoms with Crippen LogP contribution in [0.1, 0.15) is 47.6 Å². The molecule has 1 aliphatic carbocycles. The zero-order valence-electron chi connectivity index (χ0n) is 19.4. The smallest absolute Gasteiger partial charge is 0.161 e. The Labute approximate surface area is 196 Å². The lowest BCUT2D eigenvalue weighted by Crippen LogP contribution is -2.29. The summed E-state index contributed by atoms with van der Waals surface area (Å²) in [4.78, 5) is 4.67. The molecule has 4 nitrogen and oxygen atoms in total. The van der Waals surface area contributed by atoms with Crippen LogP contribution in [0.15, 0.2) is 77.8 Å². The average molecular weight is 439 g/mol. The van der Waals surface area contributed by atoms with Crippen molar-refractivity contribution >= 4 is 17.6 Å². The minimum Gasteiger partial charge on any atom is -0.493 e. The average Bonchev–Trinajstić information content (AvgIpc) is 3.34. The lowest BCUT2D eigenvalue weighted by Gasteiger charge is -2.37. The predicted octanol–water partition coefficient (Wildman–Crippen LogP) is 6.98. The van der Waals surface area contributed by atoms with E-state index in [1.54, 1.807) is 7.11 Å². The Kier molecular flexibility index (Phi) is 5.91. The van der Waals surface area contributed by atoms with Gasteiger partial charge in [-0.05, 0) is 79.3 Å². The Bertz CT molecular complexity index is 1200. The van der Waals surface area contributed by atoms with Crippen molar-refractivity contribution in [1.29, 1.82) is 0 Å². The van der Waals surface area contributed by atoms with Gasteiger partial charge in [0.05, 0.1) is 25.4 Å². The first kappa shape index (κ1) is 21.3. The van der Waals surface area contributed by atoms with E-state index in [2.05, 4.69) is 71.8 Å². The van der Waals surface area contributed by atoms with E-state index in [9.17, 15) is 0 Å². The molecule has 0 radical (unpaired) electrons. The molecule has 0 saturated carbocycles. The first-order valence-corrected chi connectivity index (χ1v) is 11.6. The van der Waals surface area contributed by atoms with Crippen LogP contribution in [0.25, 0.3) is 0 Å². The first-order valence-electron chi connectivity index (χ1n) is 11.6. The van der Waals surface area contributed by atoms with Crippen LogP contribution in [0.2, 0.25) is 0 Å². The summed E-state index contributed by atoms with van der Waals surface area (Å²) >= 11 is 0. The highest BCUT2D eigenvalue weighted by Gasteiger charge is 2.37. The highest BCUT2D eigenvalue weighted by molar-refractivity contribution is 5.83. The minimum absolute atomic E-state index is 0.300. The van der Waals surface area contributed by atoms with Gasteiger partial charge in [0.1, 0.15) is 0 Å². The fraction of sp³-hybridized carbons (Fsp3) is 0.276. The molecule has 0 fully saturated rings. The molecule has 1 aliphatic heterocycles. The topological polar surface area (TPSA) is 42.8 Å². The summed E-state index contributed by atoms with van der Waals surface area (Å²) in [6.45, 7) is 4.74. The molecule has 0 aromatic heterocycles. The van der Waals surface area contributed by atoms with Crippen LogP contribution >= 0.6 is 0 Å². The molecule has 1 heterocycles. The molecule has 33 heavy (non-hydrogen) atoms. The van der Waals surface area contributed by atoms with E-state index in [0.29, 0.717) is 24.5 Å². The van der Waals surface area contributed by atoms with Gasteiger partial charge in [-0.15, -0.1) is 0 Å². The Morgan fingerprint density at radius 2 is 1.88 bits per heavy atom. The van der Waals surface area contributed by atoms with Gasteiger partial charge < -0.3 is 14.8 Å². The second-order valence-corrected chi connectivity index (χ2v) is 8.76. The number of aliphatic imine (C=N–C) groups is 1. The first-order chi connectivity index (χ1) is 16.2. The van der Waals surface area contributed by atoms with Gasteiger partial charge in [0.2, 0.25) is 0 Å². The maximum absolute atomic E-state index is 5.59. The summed E-state index contributed by atoms with van der Waals surface area (Å²) < 4.78 is 11.0. The van der Waals surface area contributed by atoms with Crippen LogP contribution in [-0.2, 0) is 0 Å². The predicted molar refractivity (Wildman–Crippen MR) is 135 cm³/mol. The largest absolute Gasteiger partial charge is 0.493 e. The summed E-state index contributed by atoms with van der Waals surface area (Å²) in [6.07, 6.45) is 7.70. The second kappa shape index (κ2) is 9.14. The third-order valence-corrected chi connectivity index (χ3v) is 6.62. The molecule has 0 unspecified atom stereocenters. The van der Waals surface area contributed by atoms with E-state index in [1.165, 1.54) is 22.4 Å². The third-order valence-electron chi connectivity index (χ3n) is 6.62. The maximum Gasteiger partial charge on any atom is 0.161 e. The van der Waals surface area contributed by atoms with Crippen molar-refractivity contribution in [2.75, 3.05) is 19.0 Å². The van der Waals surface area contributed by atoms with Crippen molar-refractivity contribution in [2.24, 2.45) is 10.9 Å². The lowest BCUT2D eigenvalue weighted by molar-refractivity contribution is 0.311. The number of hydrogen-bond acceptors (Lipinski definition) is 4. The van der Waals surface area contributed by atoms with Gasteiger partial charge in [-0.25, -0.2) is 0 Å². The standard InChI is InChI=1S/C29H30N2O2/c1-4-33-27-15-9-20(17-28(27)32-3)18-30-22-12-10-21(11-13-22)29-24-7-5-6-23(24)25-16-19(2)8-14-26(25)31-29/h5-6,8-18,23-24,29,31H,4,7H2,1-3H3/t23-,24-,29+/m1/s1. The Balaban J connectivity index is 1.34. The normalized spacial score (nSPS) is 20.9. The minimum atomic E-state index is 0.300. The van der Waals surface area contributed by atoms with Gasteiger partial charge in [0, 0.05) is 17.8 Å². The molecule has 0 saturated heterocycles. The molecule has 0 amide bonds. The van der Waals surface area contributed by atoms with Crippen LogP contribution in [-0.4, -0.2) is 19.9 Å². The Morgan fingerprint density at radius 3 is 2.67 bits per heavy atom. The summed E-state index contributed by atoms with van der Waals surface area (Å²) in [7, 11) is 1.65. The van der Waals surface area contributed by atoms with E-state index in [1.807, 2.05) is 31.3 Å². The van der Waals surface area contributed by atoms with Crippen LogP contribution in [0.3, 0.4) is 0 Å². The molecule has 4 heteroatoms. The Morgan fingerprint density at radius 1 is 1.03 bits per heavy atom. The molecular weight excluding hydrogens is 408 g/mol. The number of ether oxygens (including phenoxy) is 2. The lowest BCUT2D eigenvalue weighted by atomic mass is 9.76. The van der Waals surface area contributed by atoms with Crippen LogP contribution in [0, 0.1) is 12.8 Å². The number of rotatable bonds is 6. The van der Waals surface area contributed by atoms with Gasteiger partial charge >= 0.3 is 0 Å². The number of hydrogen-bond donors (Lipinski definition) is 1. The van der Waals surface area contributed by atoms with Gasteiger partial charge in [0.15, 0.2) is 11.5 Å². The van der Waals surface area contributed by atoms with Crippen molar-refractivity contribution in [1.82, 2.24) is 0 Å². The van der Waals surface area contributed by atoms with Gasteiger partial charge in [-0.2, -0.15) is 0 Å². The molecule has 168 valence electrons. The molecule has 0 spiro atoms. The van der Waals surface area contributed by atoms with Gasteiger partial charge in [-0.3, -0.25) is 4.99 Å². The van der Waals surface area contributed by atoms with E-state index in [4.69, 9.17) is 9.47 Å². The number of fused-ring (bicyclic) bond motifs is 3. The highest BCUT2D eigenvalue weighted by Crippen LogP contribution is 2.50. The van der Waals surface area contributed by atoms with E-state index >= 15 is 0 Å². The summed E-state index contributed by atoms with van der Waals surface area (Å²) in [5.74, 6) is 2.50. The fourth-order valence-corrected chi connectivity index (χ4v) is 5.00. The number of methoxy groups -OCH3 is 1. The zero-order chi connectivity index (χ0) is 22.8. The van der Waals surface area contributed by atoms with Crippen LogP contribution < -0.4 is 14.8 Å². The fourth-order valence-electron chi connectivity index (χ4n) is 5.00. The van der Waals surface area contributed by atoms with Crippen LogP contribution in [0.5, 0.6) is 11.5 Å². The second-order valence-electron chi connectivity index (χ2n) is 8.76. The molecule has 5 rings (SSSR count). The van der Waals surface area contributed by atoms with Crippen molar-refractivity contribution < 1.29 is 9.47 Å². The molecule has 0 bridgehead atoms. The highest BCUT2D eigenvalue weighted by atomic mass is 16.5.